The van der Waals surface area contributed by atoms with E-state index >= 15 is 0 Å². The molecule has 0 bridgehead atoms. The summed E-state index contributed by atoms with van der Waals surface area (Å²) in [6.45, 7) is 10.9. The third-order valence-electron chi connectivity index (χ3n) is 4.56. The molecule has 4 heteroatoms. The second kappa shape index (κ2) is 6.30. The van der Waals surface area contributed by atoms with Gasteiger partial charge in [-0.1, -0.05) is 39.3 Å². The largest absolute Gasteiger partial charge is 0.367 e. The van der Waals surface area contributed by atoms with E-state index in [4.69, 9.17) is 11.6 Å². The molecule has 1 aromatic rings. The normalized spacial score (nSPS) is 26.9. The summed E-state index contributed by atoms with van der Waals surface area (Å²) in [6.07, 6.45) is 3.70. The topological polar surface area (TPSA) is 37.8 Å². The Kier molecular flexibility index (Phi) is 4.90. The predicted octanol–water partition coefficient (Wildman–Crippen LogP) is 4.80. The lowest BCUT2D eigenvalue weighted by molar-refractivity contribution is 0.260. The Bertz CT molecular complexity index is 473. The molecule has 2 rings (SSSR count). The van der Waals surface area contributed by atoms with Gasteiger partial charge in [-0.05, 0) is 38.0 Å². The molecule has 0 aromatic carbocycles. The number of hydrogen-bond donors (Lipinski definition) is 1. The van der Waals surface area contributed by atoms with Gasteiger partial charge in [-0.3, -0.25) is 0 Å². The summed E-state index contributed by atoms with van der Waals surface area (Å²) in [6, 6.07) is 0.505. The molecule has 0 aliphatic heterocycles. The third kappa shape index (κ3) is 3.43. The highest BCUT2D eigenvalue weighted by molar-refractivity contribution is 6.30. The van der Waals surface area contributed by atoms with Gasteiger partial charge in [-0.2, -0.15) is 0 Å². The SMILES string of the molecule is Cc1c(Cl)nc(C(C)C)nc1NC1CCC(C)C(C)C1. The van der Waals surface area contributed by atoms with E-state index in [-0.39, 0.29) is 0 Å². The lowest BCUT2D eigenvalue weighted by Gasteiger charge is -2.33. The van der Waals surface area contributed by atoms with Gasteiger partial charge in [-0.25, -0.2) is 9.97 Å². The minimum Gasteiger partial charge on any atom is -0.367 e. The fraction of sp³-hybridized carbons (Fsp3) is 0.750. The molecule has 0 spiro atoms. The van der Waals surface area contributed by atoms with E-state index in [2.05, 4.69) is 43.0 Å². The molecule has 1 aliphatic carbocycles. The minimum absolute atomic E-state index is 0.291. The van der Waals surface area contributed by atoms with Crippen LogP contribution in [0.4, 0.5) is 5.82 Å². The summed E-state index contributed by atoms with van der Waals surface area (Å²) >= 11 is 6.24. The molecule has 112 valence electrons. The smallest absolute Gasteiger partial charge is 0.137 e. The van der Waals surface area contributed by atoms with Gasteiger partial charge in [0.05, 0.1) is 0 Å². The molecule has 1 aromatic heterocycles. The number of anilines is 1. The van der Waals surface area contributed by atoms with Crippen molar-refractivity contribution in [2.24, 2.45) is 11.8 Å². The van der Waals surface area contributed by atoms with E-state index in [1.807, 2.05) is 6.92 Å². The van der Waals surface area contributed by atoms with Crippen LogP contribution in [0.5, 0.6) is 0 Å². The molecular formula is C16H26ClN3. The Hall–Kier alpha value is -0.830. The Labute approximate surface area is 127 Å². The average molecular weight is 296 g/mol. The molecule has 1 aliphatic rings. The number of nitrogens with zero attached hydrogens (tertiary/aromatic N) is 2. The van der Waals surface area contributed by atoms with Crippen molar-refractivity contribution < 1.29 is 0 Å². The number of halogens is 1. The van der Waals surface area contributed by atoms with Gasteiger partial charge in [0.25, 0.3) is 0 Å². The van der Waals surface area contributed by atoms with E-state index in [0.717, 1.165) is 29.0 Å². The average Bonchev–Trinajstić information content (AvgIpc) is 2.38. The molecular weight excluding hydrogens is 270 g/mol. The fourth-order valence-electron chi connectivity index (χ4n) is 2.78. The highest BCUT2D eigenvalue weighted by Gasteiger charge is 2.25. The van der Waals surface area contributed by atoms with Gasteiger partial charge in [0.15, 0.2) is 0 Å². The zero-order chi connectivity index (χ0) is 14.9. The summed E-state index contributed by atoms with van der Waals surface area (Å²) in [5.74, 6) is 3.62. The van der Waals surface area contributed by atoms with E-state index in [1.165, 1.54) is 19.3 Å². The molecule has 3 nitrogen and oxygen atoms in total. The second-order valence-electron chi connectivity index (χ2n) is 6.61. The first-order valence-corrected chi connectivity index (χ1v) is 8.06. The van der Waals surface area contributed by atoms with Crippen LogP contribution in [0.3, 0.4) is 0 Å². The van der Waals surface area contributed by atoms with Crippen molar-refractivity contribution in [3.05, 3.63) is 16.5 Å². The number of nitrogens with one attached hydrogen (secondary N) is 1. The molecule has 3 unspecified atom stereocenters. The molecule has 1 fully saturated rings. The maximum absolute atomic E-state index is 6.24. The maximum Gasteiger partial charge on any atom is 0.137 e. The van der Waals surface area contributed by atoms with Crippen molar-refractivity contribution in [1.82, 2.24) is 9.97 Å². The third-order valence-corrected chi connectivity index (χ3v) is 4.93. The molecule has 0 radical (unpaired) electrons. The van der Waals surface area contributed by atoms with Gasteiger partial charge in [0, 0.05) is 17.5 Å². The van der Waals surface area contributed by atoms with Crippen LogP contribution >= 0.6 is 11.6 Å². The molecule has 0 saturated heterocycles. The van der Waals surface area contributed by atoms with Crippen molar-refractivity contribution in [2.45, 2.75) is 65.8 Å². The zero-order valence-corrected chi connectivity index (χ0v) is 14.0. The monoisotopic (exact) mass is 295 g/mol. The summed E-state index contributed by atoms with van der Waals surface area (Å²) in [5, 5.41) is 4.17. The van der Waals surface area contributed by atoms with E-state index in [0.29, 0.717) is 17.1 Å². The van der Waals surface area contributed by atoms with Crippen LogP contribution in [0.2, 0.25) is 5.15 Å². The van der Waals surface area contributed by atoms with Gasteiger partial charge < -0.3 is 5.32 Å². The fourth-order valence-corrected chi connectivity index (χ4v) is 2.95. The second-order valence-corrected chi connectivity index (χ2v) is 6.97. The van der Waals surface area contributed by atoms with Crippen molar-refractivity contribution in [2.75, 3.05) is 5.32 Å². The minimum atomic E-state index is 0.291. The van der Waals surface area contributed by atoms with Crippen molar-refractivity contribution in [1.29, 1.82) is 0 Å². The number of aromatic nitrogens is 2. The van der Waals surface area contributed by atoms with Crippen LogP contribution in [-0.2, 0) is 0 Å². The van der Waals surface area contributed by atoms with Gasteiger partial charge in [-0.15, -0.1) is 0 Å². The number of rotatable bonds is 3. The highest BCUT2D eigenvalue weighted by Crippen LogP contribution is 2.32. The lowest BCUT2D eigenvalue weighted by Crippen LogP contribution is -2.31. The maximum atomic E-state index is 6.24. The van der Waals surface area contributed by atoms with Crippen molar-refractivity contribution in [3.63, 3.8) is 0 Å². The Morgan fingerprint density at radius 3 is 2.45 bits per heavy atom. The molecule has 20 heavy (non-hydrogen) atoms. The molecule has 3 atom stereocenters. The van der Waals surface area contributed by atoms with Crippen LogP contribution in [0.15, 0.2) is 0 Å². The van der Waals surface area contributed by atoms with Crippen LogP contribution < -0.4 is 5.32 Å². The first-order valence-electron chi connectivity index (χ1n) is 7.69. The summed E-state index contributed by atoms with van der Waals surface area (Å²) in [5.41, 5.74) is 0.961. The Morgan fingerprint density at radius 2 is 1.85 bits per heavy atom. The van der Waals surface area contributed by atoms with Crippen LogP contribution in [0.25, 0.3) is 0 Å². The van der Waals surface area contributed by atoms with Crippen LogP contribution in [0.1, 0.15) is 64.3 Å². The first-order chi connectivity index (χ1) is 9.38. The van der Waals surface area contributed by atoms with Crippen LogP contribution in [0, 0.1) is 18.8 Å². The van der Waals surface area contributed by atoms with Crippen molar-refractivity contribution in [3.8, 4) is 0 Å². The Balaban J connectivity index is 2.16. The van der Waals surface area contributed by atoms with Gasteiger partial charge >= 0.3 is 0 Å². The molecule has 1 heterocycles. The lowest BCUT2D eigenvalue weighted by atomic mass is 9.79. The van der Waals surface area contributed by atoms with Gasteiger partial charge in [0.1, 0.15) is 16.8 Å². The molecule has 1 N–H and O–H groups in total. The zero-order valence-electron chi connectivity index (χ0n) is 13.2. The van der Waals surface area contributed by atoms with E-state index < -0.39 is 0 Å². The van der Waals surface area contributed by atoms with E-state index in [1.54, 1.807) is 0 Å². The molecule has 1 saturated carbocycles. The van der Waals surface area contributed by atoms with E-state index in [9.17, 15) is 0 Å². The van der Waals surface area contributed by atoms with Gasteiger partial charge in [0.2, 0.25) is 0 Å². The van der Waals surface area contributed by atoms with Crippen LogP contribution in [-0.4, -0.2) is 16.0 Å². The summed E-state index contributed by atoms with van der Waals surface area (Å²) < 4.78 is 0. The first kappa shape index (κ1) is 15.6. The highest BCUT2D eigenvalue weighted by atomic mass is 35.5. The number of hydrogen-bond acceptors (Lipinski definition) is 3. The van der Waals surface area contributed by atoms with Crippen molar-refractivity contribution >= 4 is 17.4 Å². The summed E-state index contributed by atoms with van der Waals surface area (Å²) in [7, 11) is 0. The Morgan fingerprint density at radius 1 is 1.15 bits per heavy atom. The summed E-state index contributed by atoms with van der Waals surface area (Å²) in [4.78, 5) is 9.03. The quantitative estimate of drug-likeness (QED) is 0.814. The standard InChI is InChI=1S/C16H26ClN3/c1-9(2)15-19-14(17)12(5)16(20-15)18-13-7-6-10(3)11(4)8-13/h9-11,13H,6-8H2,1-5H3,(H,18,19,20). The predicted molar refractivity (Wildman–Crippen MR) is 85.5 cm³/mol. The molecule has 0 amide bonds.